The molecule has 162 valence electrons. The number of sulfone groups is 1. The van der Waals surface area contributed by atoms with Gasteiger partial charge in [-0.05, 0) is 72.1 Å². The SMILES string of the molecule is COc1ccc(-c2ccc(COc3ccc(S(=O)(=O)c4ccc(C)cc4)cc3)cc2)cc1. The van der Waals surface area contributed by atoms with Crippen LogP contribution in [0.25, 0.3) is 11.1 Å². The average Bonchev–Trinajstić information content (AvgIpc) is 2.84. The summed E-state index contributed by atoms with van der Waals surface area (Å²) in [5.41, 5.74) is 4.27. The van der Waals surface area contributed by atoms with Crippen molar-refractivity contribution in [3.8, 4) is 22.6 Å². The van der Waals surface area contributed by atoms with E-state index in [-0.39, 0.29) is 9.79 Å². The van der Waals surface area contributed by atoms with Crippen molar-refractivity contribution in [2.24, 2.45) is 0 Å². The highest BCUT2D eigenvalue weighted by atomic mass is 32.2. The Morgan fingerprint density at radius 1 is 0.625 bits per heavy atom. The van der Waals surface area contributed by atoms with Crippen LogP contribution in [0.4, 0.5) is 0 Å². The highest BCUT2D eigenvalue weighted by molar-refractivity contribution is 7.91. The third kappa shape index (κ3) is 4.84. The van der Waals surface area contributed by atoms with Gasteiger partial charge in [0.2, 0.25) is 9.84 Å². The van der Waals surface area contributed by atoms with E-state index >= 15 is 0 Å². The minimum atomic E-state index is -3.54. The molecule has 0 aliphatic rings. The van der Waals surface area contributed by atoms with Crippen molar-refractivity contribution in [3.05, 3.63) is 108 Å². The lowest BCUT2D eigenvalue weighted by molar-refractivity contribution is 0.306. The molecule has 0 aromatic heterocycles. The standard InChI is InChI=1S/C27H24O4S/c1-20-3-15-26(16-4-20)32(28,29)27-17-13-25(14-18-27)31-19-21-5-7-22(8-6-21)23-9-11-24(30-2)12-10-23/h3-18H,19H2,1-2H3. The van der Waals surface area contributed by atoms with Crippen LogP contribution in [0, 0.1) is 6.92 Å². The first kappa shape index (κ1) is 21.7. The third-order valence-electron chi connectivity index (χ3n) is 5.25. The van der Waals surface area contributed by atoms with Gasteiger partial charge >= 0.3 is 0 Å². The van der Waals surface area contributed by atoms with E-state index in [1.165, 1.54) is 0 Å². The maximum Gasteiger partial charge on any atom is 0.206 e. The molecule has 0 unspecified atom stereocenters. The highest BCUT2D eigenvalue weighted by Crippen LogP contribution is 2.25. The van der Waals surface area contributed by atoms with Crippen LogP contribution in [0.2, 0.25) is 0 Å². The van der Waals surface area contributed by atoms with E-state index in [2.05, 4.69) is 12.1 Å². The van der Waals surface area contributed by atoms with E-state index in [9.17, 15) is 8.42 Å². The molecule has 0 N–H and O–H groups in total. The van der Waals surface area contributed by atoms with Crippen LogP contribution in [0.1, 0.15) is 11.1 Å². The Bertz CT molecular complexity index is 1270. The molecule has 4 aromatic carbocycles. The second-order valence-electron chi connectivity index (χ2n) is 7.50. The molecule has 0 radical (unpaired) electrons. The molecule has 4 nitrogen and oxygen atoms in total. The first-order chi connectivity index (χ1) is 15.5. The van der Waals surface area contributed by atoms with Gasteiger partial charge in [0, 0.05) is 0 Å². The quantitative estimate of drug-likeness (QED) is 0.346. The first-order valence-electron chi connectivity index (χ1n) is 10.2. The zero-order valence-electron chi connectivity index (χ0n) is 18.0. The number of ether oxygens (including phenoxy) is 2. The second kappa shape index (κ2) is 9.28. The normalized spacial score (nSPS) is 11.2. The van der Waals surface area contributed by atoms with E-state index in [1.807, 2.05) is 43.3 Å². The summed E-state index contributed by atoms with van der Waals surface area (Å²) < 4.78 is 36.6. The van der Waals surface area contributed by atoms with Crippen molar-refractivity contribution in [1.29, 1.82) is 0 Å². The number of rotatable bonds is 7. The molecule has 0 fully saturated rings. The van der Waals surface area contributed by atoms with Gasteiger partial charge in [-0.25, -0.2) is 8.42 Å². The lowest BCUT2D eigenvalue weighted by atomic mass is 10.0. The number of benzene rings is 4. The molecule has 0 aliphatic heterocycles. The van der Waals surface area contributed by atoms with Gasteiger partial charge in [0.05, 0.1) is 16.9 Å². The number of hydrogen-bond donors (Lipinski definition) is 0. The molecule has 0 atom stereocenters. The van der Waals surface area contributed by atoms with Gasteiger partial charge in [-0.15, -0.1) is 0 Å². The molecular formula is C27H24O4S. The maximum absolute atomic E-state index is 12.8. The van der Waals surface area contributed by atoms with Crippen molar-refractivity contribution >= 4 is 9.84 Å². The Hall–Kier alpha value is -3.57. The summed E-state index contributed by atoms with van der Waals surface area (Å²) in [5, 5.41) is 0. The van der Waals surface area contributed by atoms with Crippen LogP contribution >= 0.6 is 0 Å². The Morgan fingerprint density at radius 3 is 1.62 bits per heavy atom. The van der Waals surface area contributed by atoms with Crippen molar-refractivity contribution < 1.29 is 17.9 Å². The molecule has 0 heterocycles. The van der Waals surface area contributed by atoms with E-state index < -0.39 is 9.84 Å². The van der Waals surface area contributed by atoms with Gasteiger partial charge in [-0.3, -0.25) is 0 Å². The Balaban J connectivity index is 1.40. The lowest BCUT2D eigenvalue weighted by Crippen LogP contribution is -2.02. The molecule has 0 spiro atoms. The number of aryl methyl sites for hydroxylation is 1. The van der Waals surface area contributed by atoms with E-state index in [0.29, 0.717) is 12.4 Å². The smallest absolute Gasteiger partial charge is 0.206 e. The maximum atomic E-state index is 12.8. The number of hydrogen-bond acceptors (Lipinski definition) is 4. The zero-order chi connectivity index (χ0) is 22.6. The Labute approximate surface area is 189 Å². The van der Waals surface area contributed by atoms with Crippen molar-refractivity contribution in [2.75, 3.05) is 7.11 Å². The van der Waals surface area contributed by atoms with Gasteiger partial charge in [0.15, 0.2) is 0 Å². The average molecular weight is 445 g/mol. The third-order valence-corrected chi connectivity index (χ3v) is 7.03. The molecule has 0 saturated heterocycles. The summed E-state index contributed by atoms with van der Waals surface area (Å²) >= 11 is 0. The molecule has 4 rings (SSSR count). The van der Waals surface area contributed by atoms with Gasteiger partial charge in [-0.1, -0.05) is 54.1 Å². The fourth-order valence-electron chi connectivity index (χ4n) is 3.31. The predicted octanol–water partition coefficient (Wildman–Crippen LogP) is 6.08. The largest absolute Gasteiger partial charge is 0.497 e. The first-order valence-corrected chi connectivity index (χ1v) is 11.7. The van der Waals surface area contributed by atoms with Crippen LogP contribution in [0.15, 0.2) is 107 Å². The zero-order valence-corrected chi connectivity index (χ0v) is 18.8. The fourth-order valence-corrected chi connectivity index (χ4v) is 4.57. The van der Waals surface area contributed by atoms with Crippen LogP contribution in [0.5, 0.6) is 11.5 Å². The molecule has 0 saturated carbocycles. The Kier molecular flexibility index (Phi) is 6.28. The van der Waals surface area contributed by atoms with Gasteiger partial charge < -0.3 is 9.47 Å². The van der Waals surface area contributed by atoms with Gasteiger partial charge in [0.1, 0.15) is 18.1 Å². The van der Waals surface area contributed by atoms with Crippen LogP contribution in [-0.2, 0) is 16.4 Å². The fraction of sp³-hybridized carbons (Fsp3) is 0.111. The highest BCUT2D eigenvalue weighted by Gasteiger charge is 2.17. The summed E-state index contributed by atoms with van der Waals surface area (Å²) in [7, 11) is -1.89. The summed E-state index contributed by atoms with van der Waals surface area (Å²) in [6.07, 6.45) is 0. The lowest BCUT2D eigenvalue weighted by Gasteiger charge is -2.09. The van der Waals surface area contributed by atoms with Gasteiger partial charge in [0.25, 0.3) is 0 Å². The minimum Gasteiger partial charge on any atom is -0.497 e. The molecule has 4 aromatic rings. The van der Waals surface area contributed by atoms with E-state index in [4.69, 9.17) is 9.47 Å². The summed E-state index contributed by atoms with van der Waals surface area (Å²) in [6, 6.07) is 29.5. The van der Waals surface area contributed by atoms with Crippen LogP contribution in [-0.4, -0.2) is 15.5 Å². The van der Waals surface area contributed by atoms with E-state index in [1.54, 1.807) is 55.6 Å². The Morgan fingerprint density at radius 2 is 1.09 bits per heavy atom. The van der Waals surface area contributed by atoms with Crippen LogP contribution in [0.3, 0.4) is 0 Å². The molecule has 0 amide bonds. The predicted molar refractivity (Wildman–Crippen MR) is 126 cm³/mol. The molecule has 32 heavy (non-hydrogen) atoms. The number of methoxy groups -OCH3 is 1. The van der Waals surface area contributed by atoms with Crippen molar-refractivity contribution in [3.63, 3.8) is 0 Å². The van der Waals surface area contributed by atoms with Crippen molar-refractivity contribution in [2.45, 2.75) is 23.3 Å². The summed E-state index contributed by atoms with van der Waals surface area (Å²) in [6.45, 7) is 2.32. The second-order valence-corrected chi connectivity index (χ2v) is 9.45. The van der Waals surface area contributed by atoms with E-state index in [0.717, 1.165) is 28.0 Å². The molecular weight excluding hydrogens is 420 g/mol. The molecule has 0 aliphatic carbocycles. The molecule has 0 bridgehead atoms. The topological polar surface area (TPSA) is 52.6 Å². The van der Waals surface area contributed by atoms with Gasteiger partial charge in [-0.2, -0.15) is 0 Å². The summed E-state index contributed by atoms with van der Waals surface area (Å²) in [4.78, 5) is 0.534. The minimum absolute atomic E-state index is 0.248. The summed E-state index contributed by atoms with van der Waals surface area (Å²) in [5.74, 6) is 1.45. The molecule has 5 heteroatoms. The van der Waals surface area contributed by atoms with Crippen LogP contribution < -0.4 is 9.47 Å². The monoisotopic (exact) mass is 444 g/mol. The van der Waals surface area contributed by atoms with Crippen molar-refractivity contribution in [1.82, 2.24) is 0 Å².